The molecule has 5 heteroatoms. The molecular weight excluding hydrogens is 264 g/mol. The summed E-state index contributed by atoms with van der Waals surface area (Å²) in [6, 6.07) is 10.8. The highest BCUT2D eigenvalue weighted by Gasteiger charge is 2.13. The van der Waals surface area contributed by atoms with Crippen molar-refractivity contribution in [2.24, 2.45) is 0 Å². The lowest BCUT2D eigenvalue weighted by atomic mass is 10.2. The Morgan fingerprint density at radius 3 is 2.67 bits per heavy atom. The summed E-state index contributed by atoms with van der Waals surface area (Å²) in [6.07, 6.45) is 1.82. The van der Waals surface area contributed by atoms with Gasteiger partial charge in [0.05, 0.1) is 11.9 Å². The minimum atomic E-state index is 0.600. The maximum atomic E-state index is 5.72. The molecule has 1 fully saturated rings. The molecule has 1 saturated heterocycles. The zero-order chi connectivity index (χ0) is 14.5. The van der Waals surface area contributed by atoms with Crippen molar-refractivity contribution >= 4 is 0 Å². The molecule has 0 bridgehead atoms. The number of aromatic nitrogens is 2. The number of aromatic amines is 1. The van der Waals surface area contributed by atoms with Crippen molar-refractivity contribution < 1.29 is 4.74 Å². The minimum absolute atomic E-state index is 0.600. The third-order valence-corrected chi connectivity index (χ3v) is 3.88. The molecule has 3 rings (SSSR count). The first-order valence-corrected chi connectivity index (χ1v) is 7.45. The smallest absolute Gasteiger partial charge is 0.294 e. The summed E-state index contributed by atoms with van der Waals surface area (Å²) in [5.74, 6) is 0. The third kappa shape index (κ3) is 3.83. The van der Waals surface area contributed by atoms with Gasteiger partial charge in [0.15, 0.2) is 0 Å². The number of nitrogens with zero attached hydrogens (tertiary/aromatic N) is 3. The van der Waals surface area contributed by atoms with Gasteiger partial charge in [-0.25, -0.2) is 4.98 Å². The van der Waals surface area contributed by atoms with Crippen LogP contribution in [-0.4, -0.2) is 66.1 Å². The Labute approximate surface area is 125 Å². The van der Waals surface area contributed by atoms with E-state index in [1.54, 1.807) is 0 Å². The molecule has 0 amide bonds. The zero-order valence-electron chi connectivity index (χ0n) is 12.5. The van der Waals surface area contributed by atoms with Gasteiger partial charge in [-0.05, 0) is 12.6 Å². The fourth-order valence-electron chi connectivity index (χ4n) is 2.48. The summed E-state index contributed by atoms with van der Waals surface area (Å²) < 4.78 is 5.72. The Kier molecular flexibility index (Phi) is 4.52. The number of likely N-dealkylation sites (N-methyl/N-ethyl adjacent to an activating group) is 1. The topological polar surface area (TPSA) is 44.4 Å². The molecule has 0 spiro atoms. The van der Waals surface area contributed by atoms with Crippen molar-refractivity contribution in [1.29, 1.82) is 0 Å². The van der Waals surface area contributed by atoms with Gasteiger partial charge in [0.1, 0.15) is 6.61 Å². The van der Waals surface area contributed by atoms with Gasteiger partial charge in [-0.3, -0.25) is 4.90 Å². The van der Waals surface area contributed by atoms with Crippen molar-refractivity contribution in [1.82, 2.24) is 19.8 Å². The van der Waals surface area contributed by atoms with Gasteiger partial charge in [-0.1, -0.05) is 30.3 Å². The summed E-state index contributed by atoms with van der Waals surface area (Å²) in [5.41, 5.74) is 2.11. The molecule has 2 aromatic rings. The van der Waals surface area contributed by atoms with Gasteiger partial charge >= 0.3 is 0 Å². The zero-order valence-corrected chi connectivity index (χ0v) is 12.5. The molecule has 21 heavy (non-hydrogen) atoms. The van der Waals surface area contributed by atoms with Crippen molar-refractivity contribution in [3.63, 3.8) is 0 Å². The molecule has 1 aromatic heterocycles. The molecule has 0 radical (unpaired) electrons. The van der Waals surface area contributed by atoms with E-state index in [9.17, 15) is 0 Å². The van der Waals surface area contributed by atoms with Crippen molar-refractivity contribution in [3.8, 4) is 17.3 Å². The summed E-state index contributed by atoms with van der Waals surface area (Å²) in [6.45, 7) is 6.14. The normalized spacial score (nSPS) is 17.0. The predicted molar refractivity (Wildman–Crippen MR) is 83.5 cm³/mol. The molecule has 0 aliphatic carbocycles. The average molecular weight is 286 g/mol. The van der Waals surface area contributed by atoms with Crippen molar-refractivity contribution in [3.05, 3.63) is 36.5 Å². The Balaban J connectivity index is 1.47. The lowest BCUT2D eigenvalue weighted by Gasteiger charge is -2.31. The number of H-pyrrole nitrogens is 1. The van der Waals surface area contributed by atoms with Crippen LogP contribution in [0.3, 0.4) is 0 Å². The first-order chi connectivity index (χ1) is 10.3. The Bertz CT molecular complexity index is 546. The van der Waals surface area contributed by atoms with E-state index in [4.69, 9.17) is 4.74 Å². The van der Waals surface area contributed by atoms with Crippen LogP contribution < -0.4 is 4.74 Å². The molecule has 2 heterocycles. The summed E-state index contributed by atoms with van der Waals surface area (Å²) in [7, 11) is 2.17. The quantitative estimate of drug-likeness (QED) is 0.908. The van der Waals surface area contributed by atoms with Crippen LogP contribution in [0.25, 0.3) is 11.3 Å². The van der Waals surface area contributed by atoms with Crippen LogP contribution in [0.4, 0.5) is 0 Å². The third-order valence-electron chi connectivity index (χ3n) is 3.88. The fraction of sp³-hybridized carbons (Fsp3) is 0.438. The van der Waals surface area contributed by atoms with E-state index in [0.717, 1.165) is 44.0 Å². The van der Waals surface area contributed by atoms with Crippen LogP contribution in [0.15, 0.2) is 36.5 Å². The maximum absolute atomic E-state index is 5.72. The lowest BCUT2D eigenvalue weighted by Crippen LogP contribution is -2.45. The SMILES string of the molecule is CN1CCN(CCOc2ncc(-c3ccccc3)[nH]2)CC1. The molecule has 1 aromatic carbocycles. The first kappa shape index (κ1) is 14.1. The number of hydrogen-bond acceptors (Lipinski definition) is 4. The molecule has 1 N–H and O–H groups in total. The van der Waals surface area contributed by atoms with Crippen LogP contribution in [0.2, 0.25) is 0 Å². The van der Waals surface area contributed by atoms with Crippen molar-refractivity contribution in [2.45, 2.75) is 0 Å². The Morgan fingerprint density at radius 2 is 1.90 bits per heavy atom. The van der Waals surface area contributed by atoms with Crippen LogP contribution in [0.1, 0.15) is 0 Å². The summed E-state index contributed by atoms with van der Waals surface area (Å²) in [5, 5.41) is 0. The van der Waals surface area contributed by atoms with Crippen LogP contribution in [0, 0.1) is 0 Å². The first-order valence-electron chi connectivity index (χ1n) is 7.45. The molecule has 1 aliphatic heterocycles. The van der Waals surface area contributed by atoms with Crippen LogP contribution in [-0.2, 0) is 0 Å². The number of rotatable bonds is 5. The second kappa shape index (κ2) is 6.74. The molecule has 1 aliphatic rings. The fourth-order valence-corrected chi connectivity index (χ4v) is 2.48. The second-order valence-corrected chi connectivity index (χ2v) is 5.46. The lowest BCUT2D eigenvalue weighted by molar-refractivity contribution is 0.131. The monoisotopic (exact) mass is 286 g/mol. The number of hydrogen-bond donors (Lipinski definition) is 1. The second-order valence-electron chi connectivity index (χ2n) is 5.46. The number of imidazole rings is 1. The van der Waals surface area contributed by atoms with E-state index in [1.165, 1.54) is 0 Å². The summed E-state index contributed by atoms with van der Waals surface area (Å²) in [4.78, 5) is 12.3. The van der Waals surface area contributed by atoms with E-state index < -0.39 is 0 Å². The minimum Gasteiger partial charge on any atom is -0.463 e. The van der Waals surface area contributed by atoms with Gasteiger partial charge in [0.2, 0.25) is 0 Å². The Hall–Kier alpha value is -1.85. The van der Waals surface area contributed by atoms with Gasteiger partial charge < -0.3 is 14.6 Å². The van der Waals surface area contributed by atoms with Crippen LogP contribution >= 0.6 is 0 Å². The van der Waals surface area contributed by atoms with Gasteiger partial charge in [0.25, 0.3) is 6.01 Å². The Morgan fingerprint density at radius 1 is 1.14 bits per heavy atom. The summed E-state index contributed by atoms with van der Waals surface area (Å²) >= 11 is 0. The number of benzene rings is 1. The van der Waals surface area contributed by atoms with E-state index in [1.807, 2.05) is 24.4 Å². The predicted octanol–water partition coefficient (Wildman–Crippen LogP) is 1.70. The highest BCUT2D eigenvalue weighted by Crippen LogP contribution is 2.18. The van der Waals surface area contributed by atoms with Gasteiger partial charge in [-0.15, -0.1) is 0 Å². The standard InChI is InChI=1S/C16H22N4O/c1-19-7-9-20(10-8-19)11-12-21-16-17-13-15(18-16)14-5-3-2-4-6-14/h2-6,13H,7-12H2,1H3,(H,17,18). The number of ether oxygens (including phenoxy) is 1. The van der Waals surface area contributed by atoms with E-state index in [-0.39, 0.29) is 0 Å². The highest BCUT2D eigenvalue weighted by atomic mass is 16.5. The van der Waals surface area contributed by atoms with Crippen LogP contribution in [0.5, 0.6) is 6.01 Å². The average Bonchev–Trinajstić information content (AvgIpc) is 2.99. The largest absolute Gasteiger partial charge is 0.463 e. The van der Waals surface area contributed by atoms with Gasteiger partial charge in [-0.2, -0.15) is 0 Å². The van der Waals surface area contributed by atoms with E-state index in [0.29, 0.717) is 12.6 Å². The molecule has 0 saturated carbocycles. The number of nitrogens with one attached hydrogen (secondary N) is 1. The highest BCUT2D eigenvalue weighted by molar-refractivity contribution is 5.58. The molecular formula is C16H22N4O. The molecule has 112 valence electrons. The molecule has 0 atom stereocenters. The number of piperazine rings is 1. The maximum Gasteiger partial charge on any atom is 0.294 e. The van der Waals surface area contributed by atoms with E-state index >= 15 is 0 Å². The van der Waals surface area contributed by atoms with Crippen molar-refractivity contribution in [2.75, 3.05) is 46.4 Å². The van der Waals surface area contributed by atoms with E-state index in [2.05, 4.69) is 38.9 Å². The molecule has 5 nitrogen and oxygen atoms in total. The molecule has 0 unspecified atom stereocenters. The van der Waals surface area contributed by atoms with Gasteiger partial charge in [0, 0.05) is 32.7 Å².